The van der Waals surface area contributed by atoms with E-state index in [1.165, 1.54) is 23.9 Å². The molecule has 0 spiro atoms. The minimum Gasteiger partial charge on any atom is -0.433 e. The van der Waals surface area contributed by atoms with Gasteiger partial charge >= 0.3 is 6.61 Å². The summed E-state index contributed by atoms with van der Waals surface area (Å²) in [5.74, 6) is -0.274. The third-order valence-electron chi connectivity index (χ3n) is 2.49. The summed E-state index contributed by atoms with van der Waals surface area (Å²) in [6.45, 7) is -2.94. The van der Waals surface area contributed by atoms with Gasteiger partial charge in [0.2, 0.25) is 5.91 Å². The molecule has 2 rings (SSSR count). The molecule has 112 valence electrons. The van der Waals surface area contributed by atoms with E-state index in [2.05, 4.69) is 15.0 Å². The number of halogens is 2. The Bertz CT molecular complexity index is 619. The highest BCUT2D eigenvalue weighted by atomic mass is 32.2. The number of aryl methyl sites for hydroxylation is 1. The number of imidazole rings is 1. The van der Waals surface area contributed by atoms with E-state index in [0.717, 1.165) is 0 Å². The lowest BCUT2D eigenvalue weighted by molar-refractivity contribution is -0.113. The SMILES string of the molecule is Cn1ccnc1SCC(=O)Nc1ccccc1OC(F)F. The first-order valence-electron chi connectivity index (χ1n) is 6.00. The number of aromatic nitrogens is 2. The first-order chi connectivity index (χ1) is 10.1. The van der Waals surface area contributed by atoms with Crippen LogP contribution in [0.4, 0.5) is 14.5 Å². The summed E-state index contributed by atoms with van der Waals surface area (Å²) >= 11 is 1.25. The van der Waals surface area contributed by atoms with Gasteiger partial charge in [0.05, 0.1) is 11.4 Å². The molecule has 1 N–H and O–H groups in total. The Labute approximate surface area is 124 Å². The van der Waals surface area contributed by atoms with Gasteiger partial charge < -0.3 is 14.6 Å². The first kappa shape index (κ1) is 15.3. The molecule has 0 saturated carbocycles. The van der Waals surface area contributed by atoms with Crippen LogP contribution in [0.15, 0.2) is 41.8 Å². The van der Waals surface area contributed by atoms with E-state index in [1.807, 2.05) is 7.05 Å². The van der Waals surface area contributed by atoms with Crippen molar-refractivity contribution < 1.29 is 18.3 Å². The molecule has 0 atom stereocenters. The lowest BCUT2D eigenvalue weighted by atomic mass is 10.3. The normalized spacial score (nSPS) is 10.7. The summed E-state index contributed by atoms with van der Waals surface area (Å²) in [6.07, 6.45) is 3.40. The Morgan fingerprint density at radius 1 is 1.48 bits per heavy atom. The van der Waals surface area contributed by atoms with E-state index in [4.69, 9.17) is 0 Å². The second-order valence-corrected chi connectivity index (χ2v) is 4.97. The molecule has 0 aliphatic rings. The number of rotatable bonds is 6. The highest BCUT2D eigenvalue weighted by Crippen LogP contribution is 2.26. The molecule has 0 saturated heterocycles. The van der Waals surface area contributed by atoms with Crippen molar-refractivity contribution in [3.8, 4) is 5.75 Å². The fraction of sp³-hybridized carbons (Fsp3) is 0.231. The summed E-state index contributed by atoms with van der Waals surface area (Å²) in [6, 6.07) is 6.05. The smallest absolute Gasteiger partial charge is 0.387 e. The highest BCUT2D eigenvalue weighted by molar-refractivity contribution is 7.99. The van der Waals surface area contributed by atoms with Crippen LogP contribution in [0.2, 0.25) is 0 Å². The zero-order valence-electron chi connectivity index (χ0n) is 11.1. The maximum Gasteiger partial charge on any atom is 0.387 e. The summed E-state index contributed by atoms with van der Waals surface area (Å²) < 4.78 is 30.7. The standard InChI is InChI=1S/C13H13F2N3O2S/c1-18-7-6-16-13(18)21-8-11(19)17-9-4-2-3-5-10(9)20-12(14)15/h2-7,12H,8H2,1H3,(H,17,19). The maximum atomic E-state index is 12.3. The van der Waals surface area contributed by atoms with Crippen LogP contribution in [0.1, 0.15) is 0 Å². The average Bonchev–Trinajstić information content (AvgIpc) is 2.84. The molecule has 0 aliphatic carbocycles. The number of thioether (sulfide) groups is 1. The van der Waals surface area contributed by atoms with Gasteiger partial charge in [-0.1, -0.05) is 23.9 Å². The molecule has 5 nitrogen and oxygen atoms in total. The topological polar surface area (TPSA) is 56.2 Å². The van der Waals surface area contributed by atoms with Crippen LogP contribution in [-0.4, -0.2) is 27.8 Å². The van der Waals surface area contributed by atoms with Crippen molar-refractivity contribution in [3.63, 3.8) is 0 Å². The van der Waals surface area contributed by atoms with Crippen molar-refractivity contribution in [2.24, 2.45) is 7.05 Å². The van der Waals surface area contributed by atoms with Gasteiger partial charge in [0.25, 0.3) is 0 Å². The third-order valence-corrected chi connectivity index (χ3v) is 3.54. The predicted octanol–water partition coefficient (Wildman–Crippen LogP) is 2.75. The van der Waals surface area contributed by atoms with Crippen molar-refractivity contribution in [3.05, 3.63) is 36.7 Å². The Kier molecular flexibility index (Phi) is 5.15. The summed E-state index contributed by atoms with van der Waals surface area (Å²) in [7, 11) is 1.82. The molecule has 1 aromatic carbocycles. The summed E-state index contributed by atoms with van der Waals surface area (Å²) in [5, 5.41) is 3.24. The van der Waals surface area contributed by atoms with E-state index >= 15 is 0 Å². The number of anilines is 1. The number of carbonyl (C=O) groups is 1. The second kappa shape index (κ2) is 7.07. The van der Waals surface area contributed by atoms with Crippen LogP contribution in [0, 0.1) is 0 Å². The van der Waals surface area contributed by atoms with E-state index in [9.17, 15) is 13.6 Å². The van der Waals surface area contributed by atoms with Crippen LogP contribution >= 0.6 is 11.8 Å². The number of alkyl halides is 2. The molecular formula is C13H13F2N3O2S. The minimum absolute atomic E-state index is 0.0668. The number of ether oxygens (including phenoxy) is 1. The Balaban J connectivity index is 1.95. The monoisotopic (exact) mass is 313 g/mol. The molecule has 1 amide bonds. The van der Waals surface area contributed by atoms with E-state index in [1.54, 1.807) is 29.1 Å². The summed E-state index contributed by atoms with van der Waals surface area (Å²) in [5.41, 5.74) is 0.211. The largest absolute Gasteiger partial charge is 0.433 e. The minimum atomic E-state index is -2.94. The molecule has 21 heavy (non-hydrogen) atoms. The zero-order valence-corrected chi connectivity index (χ0v) is 11.9. The molecule has 1 aromatic heterocycles. The van der Waals surface area contributed by atoms with Crippen LogP contribution in [0.5, 0.6) is 5.75 Å². The number of nitrogens with one attached hydrogen (secondary N) is 1. The Morgan fingerprint density at radius 3 is 2.90 bits per heavy atom. The molecule has 2 aromatic rings. The van der Waals surface area contributed by atoms with Crippen molar-refractivity contribution in [1.29, 1.82) is 0 Å². The van der Waals surface area contributed by atoms with Gasteiger partial charge in [0.15, 0.2) is 5.16 Å². The van der Waals surface area contributed by atoms with Crippen LogP contribution < -0.4 is 10.1 Å². The van der Waals surface area contributed by atoms with Gasteiger partial charge in [0, 0.05) is 19.4 Å². The first-order valence-corrected chi connectivity index (χ1v) is 6.98. The van der Waals surface area contributed by atoms with Crippen LogP contribution in [-0.2, 0) is 11.8 Å². The van der Waals surface area contributed by atoms with Crippen molar-refractivity contribution in [1.82, 2.24) is 9.55 Å². The highest BCUT2D eigenvalue weighted by Gasteiger charge is 2.12. The average molecular weight is 313 g/mol. The molecule has 0 radical (unpaired) electrons. The lowest BCUT2D eigenvalue weighted by Gasteiger charge is -2.11. The van der Waals surface area contributed by atoms with Gasteiger partial charge in [-0.3, -0.25) is 4.79 Å². The van der Waals surface area contributed by atoms with Gasteiger partial charge in [-0.2, -0.15) is 8.78 Å². The fourth-order valence-corrected chi connectivity index (χ4v) is 2.31. The number of nitrogens with zero attached hydrogens (tertiary/aromatic N) is 2. The number of para-hydroxylation sites is 2. The number of hydrogen-bond acceptors (Lipinski definition) is 4. The predicted molar refractivity (Wildman–Crippen MR) is 75.6 cm³/mol. The molecule has 1 heterocycles. The van der Waals surface area contributed by atoms with Crippen molar-refractivity contribution >= 4 is 23.4 Å². The van der Waals surface area contributed by atoms with E-state index < -0.39 is 6.61 Å². The van der Waals surface area contributed by atoms with Crippen molar-refractivity contribution in [2.45, 2.75) is 11.8 Å². The Hall–Kier alpha value is -2.09. The Morgan fingerprint density at radius 2 is 2.24 bits per heavy atom. The maximum absolute atomic E-state index is 12.3. The van der Waals surface area contributed by atoms with Gasteiger partial charge in [-0.15, -0.1) is 0 Å². The van der Waals surface area contributed by atoms with Crippen LogP contribution in [0.3, 0.4) is 0 Å². The van der Waals surface area contributed by atoms with E-state index in [0.29, 0.717) is 5.16 Å². The molecule has 8 heteroatoms. The third kappa shape index (κ3) is 4.45. The van der Waals surface area contributed by atoms with Gasteiger partial charge in [-0.05, 0) is 12.1 Å². The van der Waals surface area contributed by atoms with E-state index in [-0.39, 0.29) is 23.1 Å². The van der Waals surface area contributed by atoms with Crippen LogP contribution in [0.25, 0.3) is 0 Å². The molecule has 0 aliphatic heterocycles. The number of benzene rings is 1. The number of hydrogen-bond donors (Lipinski definition) is 1. The number of amides is 1. The summed E-state index contributed by atoms with van der Waals surface area (Å²) in [4.78, 5) is 15.9. The molecule has 0 fully saturated rings. The second-order valence-electron chi connectivity index (χ2n) is 4.03. The lowest BCUT2D eigenvalue weighted by Crippen LogP contribution is -2.16. The molecule has 0 bridgehead atoms. The fourth-order valence-electron chi connectivity index (χ4n) is 1.58. The van der Waals surface area contributed by atoms with Gasteiger partial charge in [0.1, 0.15) is 5.75 Å². The molecule has 0 unspecified atom stereocenters. The number of carbonyl (C=O) groups excluding carboxylic acids is 1. The zero-order chi connectivity index (χ0) is 15.2. The quantitative estimate of drug-likeness (QED) is 0.833. The van der Waals surface area contributed by atoms with Gasteiger partial charge in [-0.25, -0.2) is 4.98 Å². The van der Waals surface area contributed by atoms with Crippen molar-refractivity contribution in [2.75, 3.05) is 11.1 Å². The molecular weight excluding hydrogens is 300 g/mol.